The number of fused-ring (bicyclic) bond motifs is 1. The lowest BCUT2D eigenvalue weighted by molar-refractivity contribution is 0.251. The normalized spacial score (nSPS) is 12.9. The highest BCUT2D eigenvalue weighted by molar-refractivity contribution is 7.90. The molecule has 1 aliphatic heterocycles. The monoisotopic (exact) mass is 489 g/mol. The van der Waals surface area contributed by atoms with E-state index in [0.29, 0.717) is 21.3 Å². The van der Waals surface area contributed by atoms with Crippen molar-refractivity contribution in [3.8, 4) is 0 Å². The third kappa shape index (κ3) is 5.24. The summed E-state index contributed by atoms with van der Waals surface area (Å²) >= 11 is 12.1. The summed E-state index contributed by atoms with van der Waals surface area (Å²) in [6.45, 7) is 1.78. The number of sulfone groups is 1. The summed E-state index contributed by atoms with van der Waals surface area (Å²) in [7, 11) is -3.51. The highest BCUT2D eigenvalue weighted by Crippen LogP contribution is 2.25. The van der Waals surface area contributed by atoms with Crippen molar-refractivity contribution >= 4 is 44.8 Å². The summed E-state index contributed by atoms with van der Waals surface area (Å²) in [6, 6.07) is 16.6. The maximum atomic E-state index is 12.8. The molecule has 0 bridgehead atoms. The van der Waals surface area contributed by atoms with Gasteiger partial charge in [-0.2, -0.15) is 0 Å². The number of urea groups is 1. The quantitative estimate of drug-likeness (QED) is 0.459. The van der Waals surface area contributed by atoms with Gasteiger partial charge in [-0.15, -0.1) is 0 Å². The molecule has 1 heterocycles. The summed E-state index contributed by atoms with van der Waals surface area (Å²) in [5.74, 6) is -0.0755. The van der Waals surface area contributed by atoms with Gasteiger partial charge in [-0.3, -0.25) is 0 Å². The Balaban J connectivity index is 1.36. The van der Waals surface area contributed by atoms with E-state index in [1.165, 1.54) is 17.7 Å². The average molecular weight is 490 g/mol. The van der Waals surface area contributed by atoms with Gasteiger partial charge in [0.15, 0.2) is 9.84 Å². The van der Waals surface area contributed by atoms with Crippen LogP contribution in [0.4, 0.5) is 10.5 Å². The molecule has 3 aromatic carbocycles. The van der Waals surface area contributed by atoms with Gasteiger partial charge in [0.1, 0.15) is 0 Å². The first-order valence-electron chi connectivity index (χ1n) is 9.94. The van der Waals surface area contributed by atoms with Gasteiger partial charge in [-0.1, -0.05) is 53.5 Å². The van der Waals surface area contributed by atoms with E-state index in [1.807, 2.05) is 18.2 Å². The third-order valence-electron chi connectivity index (χ3n) is 5.20. The molecule has 6 nitrogen and oxygen atoms in total. The SMILES string of the molecule is O=C(NCc1cccc(Cl)c1Cl)Nc1ccc(S(=O)(=O)Cc2ccc3c(c2)CNC3)cc1. The second kappa shape index (κ2) is 9.50. The lowest BCUT2D eigenvalue weighted by Gasteiger charge is -2.10. The van der Waals surface area contributed by atoms with Crippen LogP contribution >= 0.6 is 23.2 Å². The molecule has 4 rings (SSSR count). The van der Waals surface area contributed by atoms with Crippen LogP contribution in [0.3, 0.4) is 0 Å². The number of benzene rings is 3. The standard InChI is InChI=1S/C23H21Cl2N3O3S/c24-21-3-1-2-17(22(21)25)13-27-23(29)28-19-6-8-20(9-7-19)32(30,31)14-15-4-5-16-11-26-12-18(16)10-15/h1-10,26H,11-14H2,(H2,27,28,29). The minimum absolute atomic E-state index is 0.0755. The molecule has 166 valence electrons. The Bertz CT molecular complexity index is 1260. The zero-order chi connectivity index (χ0) is 22.7. The van der Waals surface area contributed by atoms with E-state index in [0.717, 1.165) is 24.2 Å². The Morgan fingerprint density at radius 2 is 1.72 bits per heavy atom. The first kappa shape index (κ1) is 22.6. The van der Waals surface area contributed by atoms with Gasteiger partial charge in [0, 0.05) is 25.3 Å². The predicted octanol–water partition coefficient (Wildman–Crippen LogP) is 4.89. The number of hydrogen-bond donors (Lipinski definition) is 3. The third-order valence-corrected chi connectivity index (χ3v) is 7.76. The highest BCUT2D eigenvalue weighted by atomic mass is 35.5. The van der Waals surface area contributed by atoms with Gasteiger partial charge in [0.2, 0.25) is 0 Å². The lowest BCUT2D eigenvalue weighted by Crippen LogP contribution is -2.28. The molecule has 0 aromatic heterocycles. The van der Waals surface area contributed by atoms with Crippen molar-refractivity contribution in [3.05, 3.63) is 93.0 Å². The number of anilines is 1. The molecule has 0 unspecified atom stereocenters. The molecule has 9 heteroatoms. The number of rotatable bonds is 6. The zero-order valence-corrected chi connectivity index (χ0v) is 19.3. The fourth-order valence-corrected chi connectivity index (χ4v) is 5.24. The van der Waals surface area contributed by atoms with Crippen LogP contribution in [0.15, 0.2) is 65.6 Å². The van der Waals surface area contributed by atoms with Crippen molar-refractivity contribution in [3.63, 3.8) is 0 Å². The fraction of sp³-hybridized carbons (Fsp3) is 0.174. The summed E-state index contributed by atoms with van der Waals surface area (Å²) in [5, 5.41) is 9.43. The Hall–Kier alpha value is -2.58. The number of halogens is 2. The lowest BCUT2D eigenvalue weighted by atomic mass is 10.1. The Morgan fingerprint density at radius 3 is 2.50 bits per heavy atom. The van der Waals surface area contributed by atoms with E-state index in [9.17, 15) is 13.2 Å². The molecule has 0 saturated carbocycles. The van der Waals surface area contributed by atoms with Gasteiger partial charge in [0.25, 0.3) is 0 Å². The van der Waals surface area contributed by atoms with E-state index in [4.69, 9.17) is 23.2 Å². The molecule has 3 N–H and O–H groups in total. The van der Waals surface area contributed by atoms with Crippen molar-refractivity contribution in [2.75, 3.05) is 5.32 Å². The minimum Gasteiger partial charge on any atom is -0.334 e. The Labute approximate surface area is 196 Å². The molecule has 1 aliphatic rings. The van der Waals surface area contributed by atoms with Crippen molar-refractivity contribution in [1.82, 2.24) is 10.6 Å². The molecule has 0 aliphatic carbocycles. The smallest absolute Gasteiger partial charge is 0.319 e. The molecule has 0 atom stereocenters. The average Bonchev–Trinajstić information content (AvgIpc) is 3.23. The van der Waals surface area contributed by atoms with Gasteiger partial charge in [-0.05, 0) is 52.6 Å². The Morgan fingerprint density at radius 1 is 0.969 bits per heavy atom. The molecule has 0 radical (unpaired) electrons. The van der Waals surface area contributed by atoms with E-state index in [-0.39, 0.29) is 17.2 Å². The van der Waals surface area contributed by atoms with Crippen molar-refractivity contribution < 1.29 is 13.2 Å². The predicted molar refractivity (Wildman–Crippen MR) is 127 cm³/mol. The number of amides is 2. The van der Waals surface area contributed by atoms with E-state index in [2.05, 4.69) is 16.0 Å². The summed E-state index contributed by atoms with van der Waals surface area (Å²) in [4.78, 5) is 12.4. The summed E-state index contributed by atoms with van der Waals surface area (Å²) < 4.78 is 25.6. The molecule has 0 fully saturated rings. The molecule has 2 amide bonds. The minimum atomic E-state index is -3.51. The highest BCUT2D eigenvalue weighted by Gasteiger charge is 2.18. The largest absolute Gasteiger partial charge is 0.334 e. The maximum absolute atomic E-state index is 12.8. The molecule has 0 spiro atoms. The number of carbonyl (C=O) groups excluding carboxylic acids is 1. The van der Waals surface area contributed by atoms with Crippen molar-refractivity contribution in [1.29, 1.82) is 0 Å². The molecular formula is C23H21Cl2N3O3S. The summed E-state index contributed by atoms with van der Waals surface area (Å²) in [5.41, 5.74) is 4.27. The maximum Gasteiger partial charge on any atom is 0.319 e. The Kier molecular flexibility index (Phi) is 6.71. The second-order valence-electron chi connectivity index (χ2n) is 7.51. The molecule has 3 aromatic rings. The van der Waals surface area contributed by atoms with Crippen LogP contribution in [0.1, 0.15) is 22.3 Å². The van der Waals surface area contributed by atoms with E-state index < -0.39 is 15.9 Å². The van der Waals surface area contributed by atoms with Crippen LogP contribution in [0, 0.1) is 0 Å². The molecule has 0 saturated heterocycles. The van der Waals surface area contributed by atoms with Crippen molar-refractivity contribution in [2.45, 2.75) is 30.3 Å². The summed E-state index contributed by atoms with van der Waals surface area (Å²) in [6.07, 6.45) is 0. The van der Waals surface area contributed by atoms with Crippen LogP contribution in [0.5, 0.6) is 0 Å². The molecular weight excluding hydrogens is 469 g/mol. The number of nitrogens with one attached hydrogen (secondary N) is 3. The van der Waals surface area contributed by atoms with Crippen LogP contribution < -0.4 is 16.0 Å². The van der Waals surface area contributed by atoms with Crippen molar-refractivity contribution in [2.24, 2.45) is 0 Å². The molecule has 32 heavy (non-hydrogen) atoms. The van der Waals surface area contributed by atoms with Crippen LogP contribution in [-0.4, -0.2) is 14.4 Å². The fourth-order valence-electron chi connectivity index (χ4n) is 3.52. The second-order valence-corrected chi connectivity index (χ2v) is 10.3. The van der Waals surface area contributed by atoms with E-state index in [1.54, 1.807) is 30.3 Å². The number of carbonyl (C=O) groups is 1. The van der Waals surface area contributed by atoms with Crippen LogP contribution in [0.25, 0.3) is 0 Å². The van der Waals surface area contributed by atoms with Crippen LogP contribution in [-0.2, 0) is 35.2 Å². The van der Waals surface area contributed by atoms with Crippen LogP contribution in [0.2, 0.25) is 10.0 Å². The first-order chi connectivity index (χ1) is 15.3. The van der Waals surface area contributed by atoms with Gasteiger partial charge < -0.3 is 16.0 Å². The topological polar surface area (TPSA) is 87.3 Å². The van der Waals surface area contributed by atoms with Gasteiger partial charge in [-0.25, -0.2) is 13.2 Å². The van der Waals surface area contributed by atoms with E-state index >= 15 is 0 Å². The first-order valence-corrected chi connectivity index (χ1v) is 12.3. The zero-order valence-electron chi connectivity index (χ0n) is 17.0. The van der Waals surface area contributed by atoms with Gasteiger partial charge >= 0.3 is 6.03 Å². The van der Waals surface area contributed by atoms with Gasteiger partial charge in [0.05, 0.1) is 20.7 Å². The number of hydrogen-bond acceptors (Lipinski definition) is 4.